The molecule has 1 unspecified atom stereocenters. The third-order valence-electron chi connectivity index (χ3n) is 2.74. The van der Waals surface area contributed by atoms with Crippen molar-refractivity contribution in [3.63, 3.8) is 0 Å². The number of rotatable bonds is 6. The Bertz CT molecular complexity index is 339. The third kappa shape index (κ3) is 5.02. The molecule has 0 saturated carbocycles. The topological polar surface area (TPSA) is 47.0 Å². The summed E-state index contributed by atoms with van der Waals surface area (Å²) in [5.41, 5.74) is 0. The van der Waals surface area contributed by atoms with Crippen LogP contribution in [0.4, 0.5) is 5.82 Å². The number of hydrogen-bond acceptors (Lipinski definition) is 4. The lowest BCUT2D eigenvalue weighted by Crippen LogP contribution is -2.17. The normalized spacial score (nSPS) is 12.9. The minimum Gasteiger partial charge on any atom is -0.475 e. The van der Waals surface area contributed by atoms with E-state index in [0.29, 0.717) is 17.7 Å². The van der Waals surface area contributed by atoms with Crippen LogP contribution in [0.3, 0.4) is 0 Å². The van der Waals surface area contributed by atoms with Gasteiger partial charge >= 0.3 is 0 Å². The highest BCUT2D eigenvalue weighted by Gasteiger charge is 2.07. The molecular weight excluding hydrogens is 214 g/mol. The van der Waals surface area contributed by atoms with Crippen LogP contribution in [-0.2, 0) is 0 Å². The molecule has 0 aromatic carbocycles. The lowest BCUT2D eigenvalue weighted by Gasteiger charge is -2.16. The van der Waals surface area contributed by atoms with Gasteiger partial charge in [-0.1, -0.05) is 20.8 Å². The van der Waals surface area contributed by atoms with Gasteiger partial charge < -0.3 is 10.1 Å². The molecule has 1 atom stereocenters. The van der Waals surface area contributed by atoms with Gasteiger partial charge in [0.2, 0.25) is 5.88 Å². The number of anilines is 1. The van der Waals surface area contributed by atoms with E-state index < -0.39 is 0 Å². The number of nitrogens with zero attached hydrogens (tertiary/aromatic N) is 2. The number of aromatic nitrogens is 2. The van der Waals surface area contributed by atoms with E-state index in [4.69, 9.17) is 4.74 Å². The zero-order valence-electron chi connectivity index (χ0n) is 11.4. The van der Waals surface area contributed by atoms with Crippen LogP contribution in [0.2, 0.25) is 0 Å². The molecule has 0 bridgehead atoms. The van der Waals surface area contributed by atoms with Crippen LogP contribution in [0.25, 0.3) is 0 Å². The molecule has 4 heteroatoms. The summed E-state index contributed by atoms with van der Waals surface area (Å²) in [4.78, 5) is 8.24. The summed E-state index contributed by atoms with van der Waals surface area (Å²) in [5, 5.41) is 3.31. The van der Waals surface area contributed by atoms with Crippen molar-refractivity contribution in [2.75, 3.05) is 11.9 Å². The van der Waals surface area contributed by atoms with Crippen molar-refractivity contribution in [2.24, 2.45) is 11.8 Å². The molecule has 4 nitrogen and oxygen atoms in total. The third-order valence-corrected chi connectivity index (χ3v) is 2.74. The second kappa shape index (κ2) is 6.42. The summed E-state index contributed by atoms with van der Waals surface area (Å²) >= 11 is 0. The maximum absolute atomic E-state index is 5.52. The van der Waals surface area contributed by atoms with Crippen molar-refractivity contribution < 1.29 is 4.74 Å². The van der Waals surface area contributed by atoms with E-state index in [2.05, 4.69) is 36.1 Å². The van der Waals surface area contributed by atoms with Gasteiger partial charge in [0.15, 0.2) is 0 Å². The van der Waals surface area contributed by atoms with Gasteiger partial charge in [0.05, 0.1) is 6.10 Å². The summed E-state index contributed by atoms with van der Waals surface area (Å²) < 4.78 is 5.52. The molecule has 17 heavy (non-hydrogen) atoms. The van der Waals surface area contributed by atoms with Gasteiger partial charge in [-0.3, -0.25) is 0 Å². The maximum Gasteiger partial charge on any atom is 0.218 e. The fraction of sp³-hybridized carbons (Fsp3) is 0.692. The molecule has 1 rings (SSSR count). The standard InChI is InChI=1S/C13H23N3O/c1-9(2)11(5)7-14-12-6-13(16-8-15-12)17-10(3)4/h6,8-11H,7H2,1-5H3,(H,14,15,16). The highest BCUT2D eigenvalue weighted by Crippen LogP contribution is 2.14. The predicted molar refractivity (Wildman–Crippen MR) is 70.3 cm³/mol. The lowest BCUT2D eigenvalue weighted by molar-refractivity contribution is 0.232. The first-order chi connectivity index (χ1) is 7.99. The summed E-state index contributed by atoms with van der Waals surface area (Å²) in [7, 11) is 0. The van der Waals surface area contributed by atoms with Gasteiger partial charge in [-0.2, -0.15) is 0 Å². The van der Waals surface area contributed by atoms with Crippen LogP contribution < -0.4 is 10.1 Å². The molecule has 1 N–H and O–H groups in total. The van der Waals surface area contributed by atoms with Crippen LogP contribution >= 0.6 is 0 Å². The molecule has 1 aromatic rings. The minimum atomic E-state index is 0.132. The molecule has 0 aliphatic heterocycles. The number of nitrogens with one attached hydrogen (secondary N) is 1. The Morgan fingerprint density at radius 2 is 1.88 bits per heavy atom. The van der Waals surface area contributed by atoms with Gasteiger partial charge in [-0.25, -0.2) is 9.97 Å². The summed E-state index contributed by atoms with van der Waals surface area (Å²) in [6.07, 6.45) is 1.66. The van der Waals surface area contributed by atoms with Crippen LogP contribution in [-0.4, -0.2) is 22.6 Å². The Morgan fingerprint density at radius 1 is 1.18 bits per heavy atom. The van der Waals surface area contributed by atoms with E-state index in [0.717, 1.165) is 12.4 Å². The summed E-state index contributed by atoms with van der Waals surface area (Å²) in [6, 6.07) is 1.84. The SMILES string of the molecule is CC(C)Oc1cc(NCC(C)C(C)C)ncn1. The summed E-state index contributed by atoms with van der Waals surface area (Å²) in [6.45, 7) is 11.5. The highest BCUT2D eigenvalue weighted by molar-refractivity contribution is 5.37. The average Bonchev–Trinajstić information content (AvgIpc) is 2.25. The number of ether oxygens (including phenoxy) is 1. The van der Waals surface area contributed by atoms with Crippen molar-refractivity contribution in [1.29, 1.82) is 0 Å². The molecule has 0 aliphatic rings. The van der Waals surface area contributed by atoms with Gasteiger partial charge in [-0.15, -0.1) is 0 Å². The van der Waals surface area contributed by atoms with Crippen molar-refractivity contribution in [3.8, 4) is 5.88 Å². The first-order valence-corrected chi connectivity index (χ1v) is 6.21. The average molecular weight is 237 g/mol. The Labute approximate surface area is 104 Å². The highest BCUT2D eigenvalue weighted by atomic mass is 16.5. The Hall–Kier alpha value is -1.32. The van der Waals surface area contributed by atoms with Crippen molar-refractivity contribution in [1.82, 2.24) is 9.97 Å². The molecule has 0 saturated heterocycles. The molecule has 0 spiro atoms. The van der Waals surface area contributed by atoms with Gasteiger partial charge in [0.1, 0.15) is 12.1 Å². The van der Waals surface area contributed by atoms with Crippen LogP contribution in [0.5, 0.6) is 5.88 Å². The molecule has 96 valence electrons. The lowest BCUT2D eigenvalue weighted by atomic mass is 9.98. The van der Waals surface area contributed by atoms with E-state index >= 15 is 0 Å². The first kappa shape index (κ1) is 13.7. The van der Waals surface area contributed by atoms with E-state index in [1.54, 1.807) is 0 Å². The van der Waals surface area contributed by atoms with E-state index in [1.807, 2.05) is 19.9 Å². The molecule has 1 aromatic heterocycles. The fourth-order valence-electron chi connectivity index (χ4n) is 1.24. The smallest absolute Gasteiger partial charge is 0.218 e. The quantitative estimate of drug-likeness (QED) is 0.826. The van der Waals surface area contributed by atoms with Crippen LogP contribution in [0.1, 0.15) is 34.6 Å². The molecule has 0 amide bonds. The maximum atomic E-state index is 5.52. The van der Waals surface area contributed by atoms with Crippen LogP contribution in [0.15, 0.2) is 12.4 Å². The second-order valence-electron chi connectivity index (χ2n) is 5.01. The first-order valence-electron chi connectivity index (χ1n) is 6.21. The fourth-order valence-corrected chi connectivity index (χ4v) is 1.24. The number of hydrogen-bond donors (Lipinski definition) is 1. The van der Waals surface area contributed by atoms with E-state index in [-0.39, 0.29) is 6.10 Å². The van der Waals surface area contributed by atoms with E-state index in [9.17, 15) is 0 Å². The van der Waals surface area contributed by atoms with Crippen LogP contribution in [0, 0.1) is 11.8 Å². The van der Waals surface area contributed by atoms with Crippen molar-refractivity contribution >= 4 is 5.82 Å². The Morgan fingerprint density at radius 3 is 2.47 bits per heavy atom. The predicted octanol–water partition coefficient (Wildman–Crippen LogP) is 2.97. The van der Waals surface area contributed by atoms with Crippen molar-refractivity contribution in [2.45, 2.75) is 40.7 Å². The summed E-state index contributed by atoms with van der Waals surface area (Å²) in [5.74, 6) is 2.72. The van der Waals surface area contributed by atoms with Gasteiger partial charge in [0.25, 0.3) is 0 Å². The minimum absolute atomic E-state index is 0.132. The molecular formula is C13H23N3O. The molecule has 0 radical (unpaired) electrons. The van der Waals surface area contributed by atoms with Gasteiger partial charge in [-0.05, 0) is 25.7 Å². The zero-order chi connectivity index (χ0) is 12.8. The molecule has 0 aliphatic carbocycles. The van der Waals surface area contributed by atoms with E-state index in [1.165, 1.54) is 6.33 Å². The second-order valence-corrected chi connectivity index (χ2v) is 5.01. The Balaban J connectivity index is 2.54. The van der Waals surface area contributed by atoms with Crippen molar-refractivity contribution in [3.05, 3.63) is 12.4 Å². The molecule has 1 heterocycles. The monoisotopic (exact) mass is 237 g/mol. The molecule has 0 fully saturated rings. The largest absolute Gasteiger partial charge is 0.475 e. The van der Waals surface area contributed by atoms with Gasteiger partial charge in [0, 0.05) is 12.6 Å². The Kier molecular flexibility index (Phi) is 5.19. The zero-order valence-corrected chi connectivity index (χ0v) is 11.4.